The lowest BCUT2D eigenvalue weighted by Crippen LogP contribution is -2.54. The minimum atomic E-state index is 0.470. The van der Waals surface area contributed by atoms with Crippen molar-refractivity contribution in [3.05, 3.63) is 0 Å². The summed E-state index contributed by atoms with van der Waals surface area (Å²) in [5.41, 5.74) is 4.37. The van der Waals surface area contributed by atoms with E-state index in [-0.39, 0.29) is 0 Å². The van der Waals surface area contributed by atoms with Crippen molar-refractivity contribution in [1.82, 2.24) is 15.6 Å². The highest BCUT2D eigenvalue weighted by Crippen LogP contribution is 2.12. The van der Waals surface area contributed by atoms with E-state index in [1.165, 1.54) is 5.71 Å². The largest absolute Gasteiger partial charge is 0.314 e. The molecule has 0 bridgehead atoms. The molecule has 0 amide bonds. The third-order valence-corrected chi connectivity index (χ3v) is 2.89. The van der Waals surface area contributed by atoms with Crippen molar-refractivity contribution in [3.63, 3.8) is 0 Å². The first-order valence-electron chi connectivity index (χ1n) is 5.03. The van der Waals surface area contributed by atoms with E-state index in [1.807, 2.05) is 0 Å². The molecule has 0 aliphatic carbocycles. The van der Waals surface area contributed by atoms with Crippen molar-refractivity contribution in [2.75, 3.05) is 26.2 Å². The molecule has 2 unspecified atom stereocenters. The van der Waals surface area contributed by atoms with E-state index < -0.39 is 0 Å². The minimum absolute atomic E-state index is 0.470. The van der Waals surface area contributed by atoms with Crippen LogP contribution in [0.5, 0.6) is 0 Å². The molecule has 13 heavy (non-hydrogen) atoms. The summed E-state index contributed by atoms with van der Waals surface area (Å²) < 4.78 is 0. The van der Waals surface area contributed by atoms with Gasteiger partial charge in [0.2, 0.25) is 0 Å². The number of nitrogens with zero attached hydrogens (tertiary/aromatic N) is 2. The van der Waals surface area contributed by atoms with E-state index >= 15 is 0 Å². The first kappa shape index (κ1) is 8.97. The van der Waals surface area contributed by atoms with E-state index in [2.05, 4.69) is 34.6 Å². The molecular weight excluding hydrogens is 164 g/mol. The number of hydrazone groups is 1. The van der Waals surface area contributed by atoms with Crippen LogP contribution < -0.4 is 10.7 Å². The van der Waals surface area contributed by atoms with Crippen LogP contribution in [0.3, 0.4) is 0 Å². The first-order chi connectivity index (χ1) is 6.29. The van der Waals surface area contributed by atoms with Crippen molar-refractivity contribution in [2.45, 2.75) is 25.9 Å². The van der Waals surface area contributed by atoms with Gasteiger partial charge in [0.15, 0.2) is 0 Å². The highest BCUT2D eigenvalue weighted by Gasteiger charge is 2.31. The predicted octanol–water partition coefficient (Wildman–Crippen LogP) is -0.372. The standard InChI is InChI=1S/C9H18N4/c1-7-9(8(2)12-11-7)13-5-3-10-4-6-13/h7,9-11H,3-6H2,1-2H3. The van der Waals surface area contributed by atoms with Gasteiger partial charge in [0.25, 0.3) is 0 Å². The van der Waals surface area contributed by atoms with Gasteiger partial charge >= 0.3 is 0 Å². The van der Waals surface area contributed by atoms with Crippen LogP contribution in [0, 0.1) is 0 Å². The van der Waals surface area contributed by atoms with E-state index in [9.17, 15) is 0 Å². The number of rotatable bonds is 1. The molecule has 2 rings (SSSR count). The van der Waals surface area contributed by atoms with Crippen LogP contribution in [0.4, 0.5) is 0 Å². The van der Waals surface area contributed by atoms with Crippen molar-refractivity contribution in [1.29, 1.82) is 0 Å². The zero-order valence-corrected chi connectivity index (χ0v) is 8.38. The fraction of sp³-hybridized carbons (Fsp3) is 0.889. The maximum Gasteiger partial charge on any atom is 0.0714 e. The van der Waals surface area contributed by atoms with Gasteiger partial charge in [-0.25, -0.2) is 0 Å². The Morgan fingerprint density at radius 3 is 2.62 bits per heavy atom. The Balaban J connectivity index is 2.01. The minimum Gasteiger partial charge on any atom is -0.314 e. The van der Waals surface area contributed by atoms with Gasteiger partial charge in [0.05, 0.1) is 17.8 Å². The normalized spacial score (nSPS) is 35.7. The highest BCUT2D eigenvalue weighted by molar-refractivity contribution is 5.89. The molecular formula is C9H18N4. The third-order valence-electron chi connectivity index (χ3n) is 2.89. The Bertz CT molecular complexity index is 208. The van der Waals surface area contributed by atoms with Crippen LogP contribution in [0.1, 0.15) is 13.8 Å². The molecule has 2 aliphatic rings. The topological polar surface area (TPSA) is 39.7 Å². The van der Waals surface area contributed by atoms with Crippen molar-refractivity contribution in [3.8, 4) is 0 Å². The lowest BCUT2D eigenvalue weighted by molar-refractivity contribution is 0.195. The molecule has 1 fully saturated rings. The second-order valence-electron chi connectivity index (χ2n) is 3.90. The summed E-state index contributed by atoms with van der Waals surface area (Å²) in [5.74, 6) is 0. The van der Waals surface area contributed by atoms with Gasteiger partial charge in [-0.1, -0.05) is 0 Å². The van der Waals surface area contributed by atoms with Gasteiger partial charge in [-0.15, -0.1) is 0 Å². The molecule has 2 aliphatic heterocycles. The Labute approximate surface area is 79.4 Å². The van der Waals surface area contributed by atoms with E-state index in [1.54, 1.807) is 0 Å². The average Bonchev–Trinajstić information content (AvgIpc) is 2.48. The lowest BCUT2D eigenvalue weighted by atomic mass is 10.0. The van der Waals surface area contributed by atoms with Crippen LogP contribution >= 0.6 is 0 Å². The van der Waals surface area contributed by atoms with Crippen molar-refractivity contribution >= 4 is 5.71 Å². The molecule has 0 saturated carbocycles. The van der Waals surface area contributed by atoms with Crippen LogP contribution in [-0.2, 0) is 0 Å². The number of hydrogen-bond donors (Lipinski definition) is 2. The third kappa shape index (κ3) is 1.69. The quantitative estimate of drug-likeness (QED) is 0.581. The highest BCUT2D eigenvalue weighted by atomic mass is 15.4. The maximum absolute atomic E-state index is 4.28. The Morgan fingerprint density at radius 2 is 2.08 bits per heavy atom. The number of nitrogens with one attached hydrogen (secondary N) is 2. The van der Waals surface area contributed by atoms with Crippen LogP contribution in [0.25, 0.3) is 0 Å². The Morgan fingerprint density at radius 1 is 1.38 bits per heavy atom. The van der Waals surface area contributed by atoms with Crippen LogP contribution in [0.15, 0.2) is 5.10 Å². The number of piperazine rings is 1. The van der Waals surface area contributed by atoms with Crippen LogP contribution in [-0.4, -0.2) is 48.9 Å². The lowest BCUT2D eigenvalue weighted by Gasteiger charge is -2.34. The molecule has 0 aromatic heterocycles. The first-order valence-corrected chi connectivity index (χ1v) is 5.03. The molecule has 4 heteroatoms. The molecule has 0 aromatic rings. The molecule has 1 saturated heterocycles. The SMILES string of the molecule is CC1=NNC(C)C1N1CCNCC1. The molecule has 0 radical (unpaired) electrons. The molecule has 4 nitrogen and oxygen atoms in total. The van der Waals surface area contributed by atoms with Gasteiger partial charge in [-0.3, -0.25) is 4.90 Å². The summed E-state index contributed by atoms with van der Waals surface area (Å²) in [4.78, 5) is 2.51. The van der Waals surface area contributed by atoms with Crippen molar-refractivity contribution in [2.24, 2.45) is 5.10 Å². The molecule has 74 valence electrons. The predicted molar refractivity (Wildman–Crippen MR) is 53.9 cm³/mol. The van der Waals surface area contributed by atoms with Gasteiger partial charge in [-0.05, 0) is 13.8 Å². The summed E-state index contributed by atoms with van der Waals surface area (Å²) in [6.07, 6.45) is 0. The van der Waals surface area contributed by atoms with Gasteiger partial charge in [-0.2, -0.15) is 5.10 Å². The zero-order valence-electron chi connectivity index (χ0n) is 8.38. The smallest absolute Gasteiger partial charge is 0.0714 e. The summed E-state index contributed by atoms with van der Waals surface area (Å²) in [5, 5.41) is 7.64. The Hall–Kier alpha value is -0.610. The second kappa shape index (κ2) is 3.64. The molecule has 2 atom stereocenters. The molecule has 0 spiro atoms. The summed E-state index contributed by atoms with van der Waals surface area (Å²) >= 11 is 0. The molecule has 0 aromatic carbocycles. The van der Waals surface area contributed by atoms with Crippen LogP contribution in [0.2, 0.25) is 0 Å². The van der Waals surface area contributed by atoms with Crippen molar-refractivity contribution < 1.29 is 0 Å². The van der Waals surface area contributed by atoms with Gasteiger partial charge in [0.1, 0.15) is 0 Å². The summed E-state index contributed by atoms with van der Waals surface area (Å²) in [6, 6.07) is 0.986. The van der Waals surface area contributed by atoms with E-state index in [0.717, 1.165) is 26.2 Å². The average molecular weight is 182 g/mol. The van der Waals surface area contributed by atoms with E-state index in [0.29, 0.717) is 12.1 Å². The van der Waals surface area contributed by atoms with Gasteiger partial charge in [0, 0.05) is 26.2 Å². The maximum atomic E-state index is 4.28. The molecule has 2 N–H and O–H groups in total. The fourth-order valence-corrected chi connectivity index (χ4v) is 2.24. The summed E-state index contributed by atoms with van der Waals surface area (Å²) in [6.45, 7) is 8.82. The summed E-state index contributed by atoms with van der Waals surface area (Å²) in [7, 11) is 0. The zero-order chi connectivity index (χ0) is 9.26. The number of hydrogen-bond acceptors (Lipinski definition) is 4. The van der Waals surface area contributed by atoms with E-state index in [4.69, 9.17) is 0 Å². The second-order valence-corrected chi connectivity index (χ2v) is 3.90. The monoisotopic (exact) mass is 182 g/mol. The van der Waals surface area contributed by atoms with Gasteiger partial charge < -0.3 is 10.7 Å². The fourth-order valence-electron chi connectivity index (χ4n) is 2.24. The Kier molecular flexibility index (Phi) is 2.51. The molecule has 2 heterocycles.